The van der Waals surface area contributed by atoms with Crippen LogP contribution in [0.4, 0.5) is 26.3 Å². The predicted molar refractivity (Wildman–Crippen MR) is 48.6 cm³/mol. The highest BCUT2D eigenvalue weighted by molar-refractivity contribution is 5.76. The van der Waals surface area contributed by atoms with Gasteiger partial charge in [0.1, 0.15) is 5.57 Å². The van der Waals surface area contributed by atoms with Crippen LogP contribution < -0.4 is 0 Å². The molecule has 0 aromatic carbocycles. The maximum Gasteiger partial charge on any atom is 0.421 e. The first kappa shape index (κ1) is 14.8. The SMILES string of the molecule is CC1(C)[C@@H](C=C(C(F)(F)F)C(F)(F)F)[C@@H]1C(=O)O. The summed E-state index contributed by atoms with van der Waals surface area (Å²) in [5, 5.41) is 8.69. The molecule has 1 aliphatic rings. The van der Waals surface area contributed by atoms with Gasteiger partial charge < -0.3 is 5.11 Å². The molecule has 18 heavy (non-hydrogen) atoms. The van der Waals surface area contributed by atoms with Crippen molar-refractivity contribution in [2.75, 3.05) is 0 Å². The molecule has 0 unspecified atom stereocenters. The van der Waals surface area contributed by atoms with Crippen molar-refractivity contribution in [3.05, 3.63) is 11.6 Å². The van der Waals surface area contributed by atoms with Gasteiger partial charge in [-0.2, -0.15) is 26.3 Å². The highest BCUT2D eigenvalue weighted by atomic mass is 19.4. The van der Waals surface area contributed by atoms with Crippen LogP contribution in [0.1, 0.15) is 13.8 Å². The van der Waals surface area contributed by atoms with Crippen LogP contribution in [0, 0.1) is 17.3 Å². The van der Waals surface area contributed by atoms with E-state index in [1.165, 1.54) is 13.8 Å². The van der Waals surface area contributed by atoms with Gasteiger partial charge in [-0.05, 0) is 11.3 Å². The van der Waals surface area contributed by atoms with E-state index in [-0.39, 0.29) is 6.08 Å². The molecule has 0 aromatic rings. The van der Waals surface area contributed by atoms with Crippen LogP contribution >= 0.6 is 0 Å². The third kappa shape index (κ3) is 2.62. The van der Waals surface area contributed by atoms with Gasteiger partial charge in [0.15, 0.2) is 0 Å². The highest BCUT2D eigenvalue weighted by Crippen LogP contribution is 2.60. The van der Waals surface area contributed by atoms with E-state index >= 15 is 0 Å². The zero-order valence-corrected chi connectivity index (χ0v) is 9.36. The third-order valence-electron chi connectivity index (χ3n) is 3.13. The van der Waals surface area contributed by atoms with E-state index in [4.69, 9.17) is 5.11 Å². The zero-order chi connectivity index (χ0) is 14.5. The molecule has 0 aromatic heterocycles. The lowest BCUT2D eigenvalue weighted by atomic mass is 10.1. The van der Waals surface area contributed by atoms with Gasteiger partial charge in [0.05, 0.1) is 5.92 Å². The average molecular weight is 276 g/mol. The average Bonchev–Trinajstić information content (AvgIpc) is 2.59. The summed E-state index contributed by atoms with van der Waals surface area (Å²) in [6, 6.07) is 0. The smallest absolute Gasteiger partial charge is 0.421 e. The molecular weight excluding hydrogens is 266 g/mol. The molecule has 2 nitrogen and oxygen atoms in total. The second-order valence-corrected chi connectivity index (χ2v) is 4.74. The predicted octanol–water partition coefficient (Wildman–Crippen LogP) is 3.39. The molecule has 104 valence electrons. The summed E-state index contributed by atoms with van der Waals surface area (Å²) in [7, 11) is 0. The molecule has 1 rings (SSSR count). The monoisotopic (exact) mass is 276 g/mol. The molecule has 0 radical (unpaired) electrons. The van der Waals surface area contributed by atoms with E-state index in [9.17, 15) is 31.1 Å². The third-order valence-corrected chi connectivity index (χ3v) is 3.13. The molecular formula is C10H10F6O2. The zero-order valence-electron chi connectivity index (χ0n) is 9.36. The Morgan fingerprint density at radius 1 is 1.11 bits per heavy atom. The van der Waals surface area contributed by atoms with E-state index in [2.05, 4.69) is 0 Å². The number of allylic oxidation sites excluding steroid dienone is 2. The first-order chi connectivity index (χ1) is 7.79. The van der Waals surface area contributed by atoms with Crippen molar-refractivity contribution in [1.29, 1.82) is 0 Å². The molecule has 0 aliphatic heterocycles. The van der Waals surface area contributed by atoms with Crippen LogP contribution in [-0.2, 0) is 4.79 Å². The number of hydrogen-bond acceptors (Lipinski definition) is 1. The van der Waals surface area contributed by atoms with E-state index in [0.29, 0.717) is 0 Å². The topological polar surface area (TPSA) is 37.3 Å². The summed E-state index contributed by atoms with van der Waals surface area (Å²) < 4.78 is 73.5. The van der Waals surface area contributed by atoms with Crippen molar-refractivity contribution >= 4 is 5.97 Å². The van der Waals surface area contributed by atoms with Gasteiger partial charge in [-0.1, -0.05) is 19.9 Å². The molecule has 8 heteroatoms. The Bertz CT molecular complexity index is 374. The molecule has 0 heterocycles. The molecule has 1 N–H and O–H groups in total. The minimum absolute atomic E-state index is 0.0151. The van der Waals surface area contributed by atoms with Gasteiger partial charge in [0.2, 0.25) is 0 Å². The Hall–Kier alpha value is -1.21. The number of alkyl halides is 6. The van der Waals surface area contributed by atoms with Crippen LogP contribution in [0.15, 0.2) is 11.6 Å². The van der Waals surface area contributed by atoms with Gasteiger partial charge in [0.25, 0.3) is 0 Å². The van der Waals surface area contributed by atoms with Crippen molar-refractivity contribution < 1.29 is 36.2 Å². The number of rotatable bonds is 2. The van der Waals surface area contributed by atoms with Gasteiger partial charge in [-0.3, -0.25) is 4.79 Å². The second kappa shape index (κ2) is 3.89. The standard InChI is InChI=1S/C10H10F6O2/c1-8(2)4(6(8)7(17)18)3-5(9(11,12)13)10(14,15)16/h3-4,6H,1-2H3,(H,17,18)/t4-,6+/m0/s1. The molecule has 1 fully saturated rings. The molecule has 0 amide bonds. The van der Waals surface area contributed by atoms with Crippen molar-refractivity contribution in [3.63, 3.8) is 0 Å². The first-order valence-electron chi connectivity index (χ1n) is 4.88. The van der Waals surface area contributed by atoms with Crippen molar-refractivity contribution in [2.45, 2.75) is 26.2 Å². The quantitative estimate of drug-likeness (QED) is 0.620. The Kier molecular flexibility index (Phi) is 3.21. The maximum absolute atomic E-state index is 12.2. The molecule has 0 bridgehead atoms. The van der Waals surface area contributed by atoms with E-state index in [1.54, 1.807) is 0 Å². The fourth-order valence-electron chi connectivity index (χ4n) is 1.99. The second-order valence-electron chi connectivity index (χ2n) is 4.74. The maximum atomic E-state index is 12.2. The fourth-order valence-corrected chi connectivity index (χ4v) is 1.99. The van der Waals surface area contributed by atoms with E-state index in [1.807, 2.05) is 0 Å². The summed E-state index contributed by atoms with van der Waals surface area (Å²) in [5.74, 6) is -3.89. The number of carboxylic acid groups (broad SMARTS) is 1. The minimum Gasteiger partial charge on any atom is -0.481 e. The Morgan fingerprint density at radius 3 is 1.72 bits per heavy atom. The lowest BCUT2D eigenvalue weighted by Crippen LogP contribution is -2.26. The van der Waals surface area contributed by atoms with E-state index < -0.39 is 41.1 Å². The van der Waals surface area contributed by atoms with Gasteiger partial charge >= 0.3 is 18.3 Å². The Morgan fingerprint density at radius 2 is 1.50 bits per heavy atom. The largest absolute Gasteiger partial charge is 0.481 e. The summed E-state index contributed by atoms with van der Waals surface area (Å²) in [4.78, 5) is 10.7. The van der Waals surface area contributed by atoms with Crippen molar-refractivity contribution in [2.24, 2.45) is 17.3 Å². The summed E-state index contributed by atoms with van der Waals surface area (Å²) in [6.45, 7) is 2.63. The number of aliphatic carboxylic acids is 1. The lowest BCUT2D eigenvalue weighted by molar-refractivity contribution is -0.172. The summed E-state index contributed by atoms with van der Waals surface area (Å²) >= 11 is 0. The number of carboxylic acids is 1. The summed E-state index contributed by atoms with van der Waals surface area (Å²) in [6.07, 6.45) is -11.1. The first-order valence-corrected chi connectivity index (χ1v) is 4.88. The van der Waals surface area contributed by atoms with Crippen LogP contribution in [0.5, 0.6) is 0 Å². The van der Waals surface area contributed by atoms with Crippen molar-refractivity contribution in [3.8, 4) is 0 Å². The molecule has 2 atom stereocenters. The highest BCUT2D eigenvalue weighted by Gasteiger charge is 2.63. The van der Waals surface area contributed by atoms with Crippen molar-refractivity contribution in [1.82, 2.24) is 0 Å². The van der Waals surface area contributed by atoms with Gasteiger partial charge in [0, 0.05) is 0 Å². The van der Waals surface area contributed by atoms with Gasteiger partial charge in [-0.25, -0.2) is 0 Å². The molecule has 1 saturated carbocycles. The molecule has 1 aliphatic carbocycles. The normalized spacial score (nSPS) is 26.7. The lowest BCUT2D eigenvalue weighted by Gasteiger charge is -2.15. The number of carbonyl (C=O) groups is 1. The fraction of sp³-hybridized carbons (Fsp3) is 0.700. The summed E-state index contributed by atoms with van der Waals surface area (Å²) in [5.41, 5.74) is -3.75. The number of hydrogen-bond donors (Lipinski definition) is 1. The van der Waals surface area contributed by atoms with Crippen LogP contribution in [-0.4, -0.2) is 23.4 Å². The number of halogens is 6. The Labute approximate surface area is 98.3 Å². The van der Waals surface area contributed by atoms with Gasteiger partial charge in [-0.15, -0.1) is 0 Å². The molecule has 0 spiro atoms. The van der Waals surface area contributed by atoms with Crippen LogP contribution in [0.3, 0.4) is 0 Å². The molecule has 0 saturated heterocycles. The van der Waals surface area contributed by atoms with E-state index in [0.717, 1.165) is 0 Å². The van der Waals surface area contributed by atoms with Crippen LogP contribution in [0.25, 0.3) is 0 Å². The minimum atomic E-state index is -5.54. The Balaban J connectivity index is 3.11. The van der Waals surface area contributed by atoms with Crippen LogP contribution in [0.2, 0.25) is 0 Å².